The fraction of sp³-hybridized carbons (Fsp3) is 0. The highest BCUT2D eigenvalue weighted by Gasteiger charge is 2.02. The highest BCUT2D eigenvalue weighted by atomic mass is 16.3. The zero-order chi connectivity index (χ0) is 13.5. The van der Waals surface area contributed by atoms with Crippen molar-refractivity contribution in [3.8, 4) is 0 Å². The van der Waals surface area contributed by atoms with Gasteiger partial charge in [-0.25, -0.2) is 9.97 Å². The van der Waals surface area contributed by atoms with Gasteiger partial charge in [0.05, 0.1) is 6.08 Å². The number of nitrogens with zero attached hydrogens (tertiary/aromatic N) is 2. The van der Waals surface area contributed by atoms with Gasteiger partial charge >= 0.3 is 0 Å². The molecule has 2 aromatic heterocycles. The molecule has 2 heterocycles. The molecule has 6 nitrogen and oxygen atoms in total. The Morgan fingerprint density at radius 2 is 1.58 bits per heavy atom. The number of pyridine rings is 2. The first kappa shape index (κ1) is 12.6. The zero-order valence-electron chi connectivity index (χ0n) is 9.95. The monoisotopic (exact) mass is 256 g/mol. The molecule has 0 saturated heterocycles. The molecule has 0 aliphatic heterocycles. The van der Waals surface area contributed by atoms with Gasteiger partial charge < -0.3 is 15.7 Å². The number of carbonyl (C=O) groups is 1. The number of carbonyl (C=O) groups excluding carboxylic acids is 1. The molecule has 0 aromatic carbocycles. The molecule has 19 heavy (non-hydrogen) atoms. The molecule has 0 spiro atoms. The lowest BCUT2D eigenvalue weighted by atomic mass is 10.4. The minimum atomic E-state index is -0.486. The summed E-state index contributed by atoms with van der Waals surface area (Å²) in [6.45, 7) is 0. The van der Waals surface area contributed by atoms with Crippen molar-refractivity contribution in [3.63, 3.8) is 0 Å². The van der Waals surface area contributed by atoms with E-state index in [9.17, 15) is 9.90 Å². The number of amides is 1. The van der Waals surface area contributed by atoms with E-state index in [1.54, 1.807) is 48.8 Å². The van der Waals surface area contributed by atoms with Crippen LogP contribution >= 0.6 is 0 Å². The van der Waals surface area contributed by atoms with Crippen molar-refractivity contribution in [2.75, 3.05) is 10.6 Å². The third kappa shape index (κ3) is 4.12. The maximum absolute atomic E-state index is 11.6. The number of nitrogens with one attached hydrogen (secondary N) is 2. The molecule has 0 radical (unpaired) electrons. The molecule has 0 fully saturated rings. The molecule has 0 atom stereocenters. The van der Waals surface area contributed by atoms with Gasteiger partial charge in [0, 0.05) is 12.4 Å². The molecule has 0 aliphatic rings. The molecule has 2 rings (SSSR count). The second kappa shape index (κ2) is 6.15. The topological polar surface area (TPSA) is 87.1 Å². The predicted molar refractivity (Wildman–Crippen MR) is 71.4 cm³/mol. The van der Waals surface area contributed by atoms with Crippen molar-refractivity contribution < 1.29 is 9.90 Å². The normalized spacial score (nSPS) is 10.8. The Morgan fingerprint density at radius 3 is 2.11 bits per heavy atom. The first-order valence-electron chi connectivity index (χ1n) is 5.55. The van der Waals surface area contributed by atoms with Gasteiger partial charge in [-0.2, -0.15) is 0 Å². The summed E-state index contributed by atoms with van der Waals surface area (Å²) < 4.78 is 0. The Labute approximate surface area is 109 Å². The van der Waals surface area contributed by atoms with Gasteiger partial charge in [-0.05, 0) is 24.3 Å². The molecule has 96 valence electrons. The average molecular weight is 256 g/mol. The third-order valence-corrected chi connectivity index (χ3v) is 2.11. The second-order valence-electron chi connectivity index (χ2n) is 3.57. The van der Waals surface area contributed by atoms with E-state index in [0.29, 0.717) is 11.6 Å². The zero-order valence-corrected chi connectivity index (χ0v) is 9.95. The predicted octanol–water partition coefficient (Wildman–Crippen LogP) is 1.93. The third-order valence-electron chi connectivity index (χ3n) is 2.11. The van der Waals surface area contributed by atoms with Gasteiger partial charge in [0.25, 0.3) is 5.91 Å². The number of rotatable bonds is 4. The first-order chi connectivity index (χ1) is 9.24. The van der Waals surface area contributed by atoms with Crippen LogP contribution in [0.3, 0.4) is 0 Å². The van der Waals surface area contributed by atoms with Crippen LogP contribution < -0.4 is 10.6 Å². The lowest BCUT2D eigenvalue weighted by molar-refractivity contribution is -0.112. The Kier molecular flexibility index (Phi) is 4.07. The molecule has 0 bridgehead atoms. The van der Waals surface area contributed by atoms with Crippen LogP contribution in [0.25, 0.3) is 0 Å². The number of hydrogen-bond acceptors (Lipinski definition) is 5. The van der Waals surface area contributed by atoms with Crippen molar-refractivity contribution in [1.82, 2.24) is 9.97 Å². The molecule has 0 saturated carbocycles. The summed E-state index contributed by atoms with van der Waals surface area (Å²) in [6.07, 6.45) is 4.15. The summed E-state index contributed by atoms with van der Waals surface area (Å²) in [5.74, 6) is 0.0723. The minimum absolute atomic E-state index is 0.299. The van der Waals surface area contributed by atoms with Crippen molar-refractivity contribution in [3.05, 3.63) is 60.8 Å². The highest BCUT2D eigenvalue weighted by molar-refractivity contribution is 5.99. The summed E-state index contributed by atoms with van der Waals surface area (Å²) >= 11 is 0. The van der Waals surface area contributed by atoms with E-state index in [1.165, 1.54) is 0 Å². The van der Waals surface area contributed by atoms with Gasteiger partial charge in [-0.1, -0.05) is 12.1 Å². The molecule has 3 N–H and O–H groups in total. The highest BCUT2D eigenvalue weighted by Crippen LogP contribution is 2.04. The molecule has 6 heteroatoms. The Hall–Kier alpha value is -2.89. The molecule has 0 aliphatic carbocycles. The van der Waals surface area contributed by atoms with Crippen LogP contribution in [-0.4, -0.2) is 21.0 Å². The number of hydrogen-bond donors (Lipinski definition) is 3. The standard InChI is InChI=1S/C13H12N4O2/c18-12(16-10-5-1-3-7-14-10)9-13(19)17-11-6-2-4-8-15-11/h1-9,18H,(H,14,16)(H,15,17,19)/b12-9-. The lowest BCUT2D eigenvalue weighted by Crippen LogP contribution is -2.12. The molecule has 1 amide bonds. The van der Waals surface area contributed by atoms with Crippen molar-refractivity contribution in [2.45, 2.75) is 0 Å². The summed E-state index contributed by atoms with van der Waals surface area (Å²) in [6, 6.07) is 10.3. The van der Waals surface area contributed by atoms with E-state index < -0.39 is 5.91 Å². The number of aliphatic hydroxyl groups excluding tert-OH is 1. The van der Waals surface area contributed by atoms with Crippen molar-refractivity contribution in [2.24, 2.45) is 0 Å². The largest absolute Gasteiger partial charge is 0.494 e. The van der Waals surface area contributed by atoms with Crippen molar-refractivity contribution in [1.29, 1.82) is 0 Å². The number of aromatic nitrogens is 2. The summed E-state index contributed by atoms with van der Waals surface area (Å²) in [5, 5.41) is 14.7. The quantitative estimate of drug-likeness (QED) is 0.574. The fourth-order valence-electron chi connectivity index (χ4n) is 1.33. The van der Waals surface area contributed by atoms with Gasteiger partial charge in [0.1, 0.15) is 11.6 Å². The average Bonchev–Trinajstić information content (AvgIpc) is 2.40. The Bertz CT molecular complexity index is 570. The maximum atomic E-state index is 11.6. The van der Waals surface area contributed by atoms with E-state index in [0.717, 1.165) is 6.08 Å². The van der Waals surface area contributed by atoms with Crippen LogP contribution in [0.5, 0.6) is 0 Å². The fourth-order valence-corrected chi connectivity index (χ4v) is 1.33. The minimum Gasteiger partial charge on any atom is -0.494 e. The van der Waals surface area contributed by atoms with E-state index in [1.807, 2.05) is 0 Å². The Morgan fingerprint density at radius 1 is 1.00 bits per heavy atom. The lowest BCUT2D eigenvalue weighted by Gasteiger charge is -2.04. The smallest absolute Gasteiger partial charge is 0.254 e. The second-order valence-corrected chi connectivity index (χ2v) is 3.57. The van der Waals surface area contributed by atoms with E-state index in [-0.39, 0.29) is 5.88 Å². The van der Waals surface area contributed by atoms with Crippen LogP contribution in [0.1, 0.15) is 0 Å². The SMILES string of the molecule is O=C(/C=C(\O)Nc1ccccn1)Nc1ccccn1. The summed E-state index contributed by atoms with van der Waals surface area (Å²) in [4.78, 5) is 19.5. The molecule has 2 aromatic rings. The van der Waals surface area contributed by atoms with Crippen LogP contribution in [0.15, 0.2) is 60.8 Å². The molecular weight excluding hydrogens is 244 g/mol. The van der Waals surface area contributed by atoms with Crippen LogP contribution in [0, 0.1) is 0 Å². The molecule has 0 unspecified atom stereocenters. The Balaban J connectivity index is 1.95. The van der Waals surface area contributed by atoms with Gasteiger partial charge in [-0.15, -0.1) is 0 Å². The van der Waals surface area contributed by atoms with Crippen molar-refractivity contribution >= 4 is 17.5 Å². The van der Waals surface area contributed by atoms with Crippen LogP contribution in [-0.2, 0) is 4.79 Å². The first-order valence-corrected chi connectivity index (χ1v) is 5.55. The van der Waals surface area contributed by atoms with Crippen LogP contribution in [0.2, 0.25) is 0 Å². The van der Waals surface area contributed by atoms with Gasteiger partial charge in [-0.3, -0.25) is 4.79 Å². The number of anilines is 2. The molecular formula is C13H12N4O2. The van der Waals surface area contributed by atoms with E-state index >= 15 is 0 Å². The summed E-state index contributed by atoms with van der Waals surface area (Å²) in [7, 11) is 0. The van der Waals surface area contributed by atoms with Crippen LogP contribution in [0.4, 0.5) is 11.6 Å². The number of aliphatic hydroxyl groups is 1. The maximum Gasteiger partial charge on any atom is 0.254 e. The van der Waals surface area contributed by atoms with Gasteiger partial charge in [0.2, 0.25) is 0 Å². The summed E-state index contributed by atoms with van der Waals surface area (Å²) in [5.41, 5.74) is 0. The van der Waals surface area contributed by atoms with E-state index in [4.69, 9.17) is 0 Å². The van der Waals surface area contributed by atoms with E-state index in [2.05, 4.69) is 20.6 Å². The van der Waals surface area contributed by atoms with Gasteiger partial charge in [0.15, 0.2) is 5.88 Å².